The number of pyridine rings is 2. The molecule has 0 fully saturated rings. The Hall–Kier alpha value is -7.72. The number of H-pyrrole nitrogens is 1. The minimum Gasteiger partial charge on any atom is -0.460 e. The van der Waals surface area contributed by atoms with E-state index in [1.165, 1.54) is 10.9 Å². The molecule has 402 valence electrons. The molecular weight excluding hydrogens is 996 g/mol. The minimum absolute atomic E-state index is 0. The number of nitrogens with two attached hydrogens (primary N) is 1. The molecule has 9 nitrogen and oxygen atoms in total. The molecule has 0 saturated heterocycles. The fourth-order valence-electron chi connectivity index (χ4n) is 9.90. The van der Waals surface area contributed by atoms with E-state index in [0.717, 1.165) is 34.2 Å². The van der Waals surface area contributed by atoms with Crippen LogP contribution in [0.3, 0.4) is 0 Å². The van der Waals surface area contributed by atoms with Crippen LogP contribution in [0.5, 0.6) is 0 Å². The van der Waals surface area contributed by atoms with Gasteiger partial charge in [0.05, 0.1) is 10.8 Å². The van der Waals surface area contributed by atoms with Crippen molar-refractivity contribution in [3.05, 3.63) is 203 Å². The molecule has 16 heteroatoms. The summed E-state index contributed by atoms with van der Waals surface area (Å²) in [6.45, 7) is 14.2. The Morgan fingerprint density at radius 3 is 1.52 bits per heavy atom. The second-order valence-electron chi connectivity index (χ2n) is 20.6. The van der Waals surface area contributed by atoms with Crippen molar-refractivity contribution in [2.45, 2.75) is 108 Å². The highest BCUT2D eigenvalue weighted by Gasteiger charge is 2.46. The molecule has 0 bridgehead atoms. The van der Waals surface area contributed by atoms with Gasteiger partial charge < -0.3 is 10.5 Å². The van der Waals surface area contributed by atoms with E-state index in [1.54, 1.807) is 24.4 Å². The molecule has 0 aliphatic rings. The van der Waals surface area contributed by atoms with Gasteiger partial charge in [0.25, 0.3) is 0 Å². The Morgan fingerprint density at radius 1 is 0.597 bits per heavy atom. The topological polar surface area (TPSA) is 125 Å². The molecule has 2 unspecified atom stereocenters. The molecular formula is C61H62F7N7O2. The van der Waals surface area contributed by atoms with Gasteiger partial charge in [0, 0.05) is 30.8 Å². The van der Waals surface area contributed by atoms with Crippen LogP contribution < -0.4 is 5.73 Å². The molecule has 0 aliphatic heterocycles. The number of nitrogens with zero attached hydrogens (tertiary/aromatic N) is 5. The first-order valence-electron chi connectivity index (χ1n) is 25.2. The van der Waals surface area contributed by atoms with Gasteiger partial charge in [-0.1, -0.05) is 167 Å². The number of esters is 1. The van der Waals surface area contributed by atoms with Gasteiger partial charge in [-0.25, -0.2) is 14.6 Å². The van der Waals surface area contributed by atoms with Crippen molar-refractivity contribution in [1.82, 2.24) is 29.9 Å². The third-order valence-electron chi connectivity index (χ3n) is 14.5. The average molecular weight is 1060 g/mol. The third kappa shape index (κ3) is 11.5. The Morgan fingerprint density at radius 2 is 1.06 bits per heavy atom. The second kappa shape index (κ2) is 22.5. The monoisotopic (exact) mass is 1060 g/mol. The minimum atomic E-state index is -4.79. The molecule has 9 aromatic rings. The standard InChI is InChI=1S/C43H42F3N3O2.C18H19F3N4.FH/c1-6-41(5,27-25-36(50)51-40(2,3)4)34-24-16-17-30(29-34)35-26-28-47-39-37(35)38(43(44,45)46)48-49(39)42(31-18-10-7-11-19-31,32-20-12-8-13-21-32)33-22-14-9-15-23-33;1-3-17(2,10-22)12-6-4-5-11(9-12)13-7-8-23-16-14(13)15(24-25-16)18(19,20)21;/h7-24,26,28-29H,6,25,27H2,1-5H3;4-9H,3,10,22H2,1-2H3,(H,23,24,25);1H. The number of halogens is 7. The number of benzene rings is 5. The van der Waals surface area contributed by atoms with Crippen LogP contribution >= 0.6 is 0 Å². The molecule has 3 N–H and O–H groups in total. The number of hydrogen-bond acceptors (Lipinski definition) is 7. The number of rotatable bonds is 14. The highest BCUT2D eigenvalue weighted by molar-refractivity contribution is 5.96. The van der Waals surface area contributed by atoms with E-state index in [2.05, 4.69) is 39.1 Å². The lowest BCUT2D eigenvalue weighted by Gasteiger charge is -2.36. The lowest BCUT2D eigenvalue weighted by molar-refractivity contribution is -0.155. The predicted octanol–water partition coefficient (Wildman–Crippen LogP) is 15.2. The van der Waals surface area contributed by atoms with E-state index in [9.17, 15) is 18.0 Å². The van der Waals surface area contributed by atoms with E-state index >= 15 is 13.2 Å². The maximum atomic E-state index is 15.3. The maximum absolute atomic E-state index is 15.3. The number of carbonyl (C=O) groups excluding carboxylic acids is 1. The van der Waals surface area contributed by atoms with Gasteiger partial charge in [0.2, 0.25) is 0 Å². The van der Waals surface area contributed by atoms with Crippen molar-refractivity contribution in [3.8, 4) is 22.3 Å². The fourth-order valence-corrected chi connectivity index (χ4v) is 9.90. The number of hydrogen-bond donors (Lipinski definition) is 2. The van der Waals surface area contributed by atoms with Gasteiger partial charge in [-0.2, -0.15) is 36.5 Å². The van der Waals surface area contributed by atoms with Crippen LogP contribution in [0.15, 0.2) is 164 Å². The molecule has 0 radical (unpaired) electrons. The SMILES string of the molecule is CCC(C)(CCC(=O)OC(C)(C)C)c1cccc(-c2ccnc3c2c(C(F)(F)F)nn3C(c2ccccc2)(c2ccccc2)c2ccccc2)c1.CCC(C)(CN)c1cccc(-c2ccnc3n[nH]c(C(F)(F)F)c23)c1.F. The molecule has 0 spiro atoms. The first-order valence-corrected chi connectivity index (χ1v) is 25.2. The summed E-state index contributed by atoms with van der Waals surface area (Å²) < 4.78 is 92.8. The van der Waals surface area contributed by atoms with Crippen LogP contribution in [-0.2, 0) is 38.3 Å². The van der Waals surface area contributed by atoms with Crippen LogP contribution in [0.1, 0.15) is 113 Å². The Kier molecular flexibility index (Phi) is 16.6. The highest BCUT2D eigenvalue weighted by Crippen LogP contribution is 2.47. The summed E-state index contributed by atoms with van der Waals surface area (Å²) in [4.78, 5) is 21.3. The Balaban J connectivity index is 0.000000277. The summed E-state index contributed by atoms with van der Waals surface area (Å²) >= 11 is 0. The quantitative estimate of drug-likeness (QED) is 0.0631. The van der Waals surface area contributed by atoms with Crippen molar-refractivity contribution < 1.29 is 40.6 Å². The van der Waals surface area contributed by atoms with E-state index in [1.807, 2.05) is 168 Å². The zero-order chi connectivity index (χ0) is 54.7. The van der Waals surface area contributed by atoms with Crippen LogP contribution in [0.2, 0.25) is 0 Å². The van der Waals surface area contributed by atoms with Gasteiger partial charge in [-0.3, -0.25) is 14.6 Å². The van der Waals surface area contributed by atoms with Crippen molar-refractivity contribution in [1.29, 1.82) is 0 Å². The van der Waals surface area contributed by atoms with Crippen LogP contribution in [0.4, 0.5) is 31.0 Å². The number of nitrogens with one attached hydrogen (secondary N) is 1. The summed E-state index contributed by atoms with van der Waals surface area (Å²) in [7, 11) is 0. The molecule has 9 rings (SSSR count). The van der Waals surface area contributed by atoms with Gasteiger partial charge in [-0.15, -0.1) is 0 Å². The number of alkyl halides is 6. The number of aromatic amines is 1. The highest BCUT2D eigenvalue weighted by atomic mass is 19.4. The molecule has 0 amide bonds. The first kappa shape index (κ1) is 57.0. The molecule has 0 aliphatic carbocycles. The zero-order valence-corrected chi connectivity index (χ0v) is 43.9. The number of carbonyl (C=O) groups is 1. The summed E-state index contributed by atoms with van der Waals surface area (Å²) in [6.07, 6.45) is -4.02. The molecule has 2 atom stereocenters. The van der Waals surface area contributed by atoms with Gasteiger partial charge >= 0.3 is 18.3 Å². The predicted molar refractivity (Wildman–Crippen MR) is 289 cm³/mol. The van der Waals surface area contributed by atoms with E-state index in [0.29, 0.717) is 41.6 Å². The molecule has 0 saturated carbocycles. The van der Waals surface area contributed by atoms with Gasteiger partial charge in [0.1, 0.15) is 16.8 Å². The summed E-state index contributed by atoms with van der Waals surface area (Å²) in [5, 5.41) is 10.2. The van der Waals surface area contributed by atoms with Gasteiger partial charge in [0.15, 0.2) is 17.0 Å². The summed E-state index contributed by atoms with van der Waals surface area (Å²) in [5.74, 6) is -0.282. The third-order valence-corrected chi connectivity index (χ3v) is 14.5. The first-order chi connectivity index (χ1) is 36.1. The second-order valence-corrected chi connectivity index (χ2v) is 20.6. The summed E-state index contributed by atoms with van der Waals surface area (Å²) in [6, 6.07) is 46.7. The van der Waals surface area contributed by atoms with Crippen LogP contribution in [0, 0.1) is 0 Å². The maximum Gasteiger partial charge on any atom is 0.435 e. The van der Waals surface area contributed by atoms with Crippen molar-refractivity contribution in [2.75, 3.05) is 6.54 Å². The van der Waals surface area contributed by atoms with E-state index < -0.39 is 40.3 Å². The largest absolute Gasteiger partial charge is 0.460 e. The van der Waals surface area contributed by atoms with Crippen LogP contribution in [0.25, 0.3) is 44.3 Å². The van der Waals surface area contributed by atoms with Gasteiger partial charge in [-0.05, 0) is 108 Å². The number of fused-ring (bicyclic) bond motifs is 2. The number of ether oxygens (including phenoxy) is 1. The number of aromatic nitrogens is 6. The molecule has 77 heavy (non-hydrogen) atoms. The van der Waals surface area contributed by atoms with Crippen LogP contribution in [-0.4, -0.2) is 48.1 Å². The Labute approximate surface area is 443 Å². The lowest BCUT2D eigenvalue weighted by atomic mass is 9.75. The van der Waals surface area contributed by atoms with Crippen molar-refractivity contribution >= 4 is 28.0 Å². The fraction of sp³-hybridized carbons (Fsp3) is 0.295. The molecule has 4 heterocycles. The van der Waals surface area contributed by atoms with Crippen molar-refractivity contribution in [2.24, 2.45) is 5.73 Å². The zero-order valence-electron chi connectivity index (χ0n) is 43.9. The normalized spacial score (nSPS) is 13.7. The average Bonchev–Trinajstić information content (AvgIpc) is 4.06. The molecule has 4 aromatic heterocycles. The smallest absolute Gasteiger partial charge is 0.435 e. The molecule has 5 aromatic carbocycles. The summed E-state index contributed by atoms with van der Waals surface area (Å²) in [5.41, 5.74) is 7.85. The van der Waals surface area contributed by atoms with E-state index in [4.69, 9.17) is 10.5 Å². The van der Waals surface area contributed by atoms with Crippen molar-refractivity contribution in [3.63, 3.8) is 0 Å². The lowest BCUT2D eigenvalue weighted by Crippen LogP contribution is -2.39. The Bertz CT molecular complexity index is 3340. The van der Waals surface area contributed by atoms with E-state index in [-0.39, 0.29) is 44.6 Å².